The van der Waals surface area contributed by atoms with Gasteiger partial charge in [0.05, 0.1) is 12.1 Å². The van der Waals surface area contributed by atoms with Crippen LogP contribution in [0.1, 0.15) is 32.6 Å². The van der Waals surface area contributed by atoms with Crippen molar-refractivity contribution >= 4 is 12.2 Å². The van der Waals surface area contributed by atoms with Crippen molar-refractivity contribution in [1.82, 2.24) is 0 Å². The highest BCUT2D eigenvalue weighted by molar-refractivity contribution is 5.34. The lowest BCUT2D eigenvalue weighted by atomic mass is 9.73. The summed E-state index contributed by atoms with van der Waals surface area (Å²) in [6.07, 6.45) is 7.19. The maximum absolute atomic E-state index is 10.3. The maximum atomic E-state index is 10.3. The van der Waals surface area contributed by atoms with E-state index < -0.39 is 0 Å². The summed E-state index contributed by atoms with van der Waals surface area (Å²) in [4.78, 5) is 28.2. The summed E-state index contributed by atoms with van der Waals surface area (Å²) < 4.78 is 0. The fraction of sp³-hybridized carbons (Fsp3) is 0.833. The van der Waals surface area contributed by atoms with Crippen molar-refractivity contribution < 1.29 is 9.59 Å². The SMILES string of the molecule is CC1CC(N=C=O)CC2CC(N=C=O)CC12. The first-order chi connectivity index (χ1) is 7.74. The lowest BCUT2D eigenvalue weighted by Crippen LogP contribution is -2.29. The average molecular weight is 220 g/mol. The van der Waals surface area contributed by atoms with Crippen LogP contribution in [0.15, 0.2) is 9.98 Å². The highest BCUT2D eigenvalue weighted by Gasteiger charge is 2.42. The standard InChI is InChI=1S/C12H16N2O2/c1-8-2-10(13-6-15)3-9-4-11(14-7-16)5-12(8)9/h8-12H,2-5H2,1H3. The molecule has 0 aromatic carbocycles. The molecule has 2 fully saturated rings. The van der Waals surface area contributed by atoms with E-state index in [-0.39, 0.29) is 12.1 Å². The van der Waals surface area contributed by atoms with E-state index in [2.05, 4.69) is 16.9 Å². The van der Waals surface area contributed by atoms with Gasteiger partial charge in [-0.3, -0.25) is 0 Å². The molecule has 0 spiro atoms. The normalized spacial score (nSPS) is 41.7. The van der Waals surface area contributed by atoms with Crippen LogP contribution in [0.2, 0.25) is 0 Å². The quantitative estimate of drug-likeness (QED) is 0.526. The molecule has 4 heteroatoms. The van der Waals surface area contributed by atoms with E-state index in [0.717, 1.165) is 25.7 Å². The van der Waals surface area contributed by atoms with E-state index >= 15 is 0 Å². The Morgan fingerprint density at radius 2 is 1.50 bits per heavy atom. The van der Waals surface area contributed by atoms with Crippen molar-refractivity contribution in [3.05, 3.63) is 0 Å². The van der Waals surface area contributed by atoms with Gasteiger partial charge >= 0.3 is 0 Å². The molecule has 2 aliphatic carbocycles. The molecule has 16 heavy (non-hydrogen) atoms. The maximum Gasteiger partial charge on any atom is 0.235 e. The number of rotatable bonds is 2. The van der Waals surface area contributed by atoms with Gasteiger partial charge in [0.2, 0.25) is 12.2 Å². The minimum absolute atomic E-state index is 0.132. The Bertz CT molecular complexity index is 356. The molecule has 0 amide bonds. The van der Waals surface area contributed by atoms with Gasteiger partial charge in [0.25, 0.3) is 0 Å². The number of aliphatic imine (C=N–C) groups is 2. The molecule has 4 nitrogen and oxygen atoms in total. The molecule has 0 saturated heterocycles. The molecule has 5 atom stereocenters. The highest BCUT2D eigenvalue weighted by Crippen LogP contribution is 2.46. The lowest BCUT2D eigenvalue weighted by Gasteiger charge is -2.34. The van der Waals surface area contributed by atoms with Gasteiger partial charge < -0.3 is 0 Å². The van der Waals surface area contributed by atoms with Gasteiger partial charge in [-0.15, -0.1) is 0 Å². The summed E-state index contributed by atoms with van der Waals surface area (Å²) in [5.74, 6) is 1.76. The van der Waals surface area contributed by atoms with Crippen molar-refractivity contribution in [2.45, 2.75) is 44.7 Å². The fourth-order valence-corrected chi connectivity index (χ4v) is 3.50. The molecule has 0 N–H and O–H groups in total. The summed E-state index contributed by atoms with van der Waals surface area (Å²) in [6.45, 7) is 2.21. The number of hydrogen-bond acceptors (Lipinski definition) is 4. The molecule has 0 heterocycles. The molecule has 2 rings (SSSR count). The van der Waals surface area contributed by atoms with Gasteiger partial charge in [-0.25, -0.2) is 19.6 Å². The van der Waals surface area contributed by atoms with Crippen molar-refractivity contribution in [3.63, 3.8) is 0 Å². The molecule has 2 saturated carbocycles. The number of fused-ring (bicyclic) bond motifs is 1. The Morgan fingerprint density at radius 3 is 2.06 bits per heavy atom. The Morgan fingerprint density at radius 1 is 0.938 bits per heavy atom. The molecular weight excluding hydrogens is 204 g/mol. The van der Waals surface area contributed by atoms with E-state index in [4.69, 9.17) is 0 Å². The zero-order chi connectivity index (χ0) is 11.5. The predicted octanol–water partition coefficient (Wildman–Crippen LogP) is 1.85. The average Bonchev–Trinajstić information content (AvgIpc) is 2.62. The zero-order valence-electron chi connectivity index (χ0n) is 9.43. The molecule has 2 aliphatic rings. The van der Waals surface area contributed by atoms with Crippen molar-refractivity contribution in [1.29, 1.82) is 0 Å². The molecule has 0 aromatic heterocycles. The van der Waals surface area contributed by atoms with Crippen LogP contribution in [0.3, 0.4) is 0 Å². The predicted molar refractivity (Wildman–Crippen MR) is 58.4 cm³/mol. The van der Waals surface area contributed by atoms with Crippen molar-refractivity contribution in [2.75, 3.05) is 0 Å². The van der Waals surface area contributed by atoms with Gasteiger partial charge in [-0.1, -0.05) is 6.92 Å². The van der Waals surface area contributed by atoms with Crippen molar-refractivity contribution in [3.8, 4) is 0 Å². The number of carbonyl (C=O) groups excluding carboxylic acids is 2. The second-order valence-electron chi connectivity index (χ2n) is 5.09. The first-order valence-electron chi connectivity index (χ1n) is 5.88. The fourth-order valence-electron chi connectivity index (χ4n) is 3.50. The third kappa shape index (κ3) is 2.13. The first-order valence-corrected chi connectivity index (χ1v) is 5.88. The number of hydrogen-bond donors (Lipinski definition) is 0. The third-order valence-electron chi connectivity index (χ3n) is 4.14. The molecule has 0 bridgehead atoms. The molecule has 5 unspecified atom stereocenters. The Labute approximate surface area is 94.9 Å². The van der Waals surface area contributed by atoms with Gasteiger partial charge in [-0.2, -0.15) is 0 Å². The van der Waals surface area contributed by atoms with Crippen LogP contribution in [0.5, 0.6) is 0 Å². The monoisotopic (exact) mass is 220 g/mol. The minimum atomic E-state index is 0.132. The van der Waals surface area contributed by atoms with Crippen LogP contribution >= 0.6 is 0 Å². The summed E-state index contributed by atoms with van der Waals surface area (Å²) >= 11 is 0. The summed E-state index contributed by atoms with van der Waals surface area (Å²) in [7, 11) is 0. The van der Waals surface area contributed by atoms with Crippen LogP contribution in [-0.4, -0.2) is 24.2 Å². The summed E-state index contributed by atoms with van der Waals surface area (Å²) in [5, 5.41) is 0. The molecule has 0 radical (unpaired) electrons. The largest absolute Gasteiger partial charge is 0.235 e. The third-order valence-corrected chi connectivity index (χ3v) is 4.14. The van der Waals surface area contributed by atoms with Gasteiger partial charge in [-0.05, 0) is 43.4 Å². The van der Waals surface area contributed by atoms with E-state index in [0.29, 0.717) is 17.8 Å². The van der Waals surface area contributed by atoms with E-state index in [9.17, 15) is 9.59 Å². The summed E-state index contributed by atoms with van der Waals surface area (Å²) in [6, 6.07) is 0.279. The molecule has 0 aromatic rings. The topological polar surface area (TPSA) is 58.9 Å². The number of isocyanates is 2. The molecule has 86 valence electrons. The molecular formula is C12H16N2O2. The summed E-state index contributed by atoms with van der Waals surface area (Å²) in [5.41, 5.74) is 0. The Hall–Kier alpha value is -1.24. The van der Waals surface area contributed by atoms with Crippen LogP contribution in [0.4, 0.5) is 0 Å². The highest BCUT2D eigenvalue weighted by atomic mass is 16.1. The minimum Gasteiger partial charge on any atom is -0.211 e. The second kappa shape index (κ2) is 4.73. The van der Waals surface area contributed by atoms with Crippen LogP contribution in [-0.2, 0) is 9.59 Å². The van der Waals surface area contributed by atoms with E-state index in [1.54, 1.807) is 12.2 Å². The Balaban J connectivity index is 2.06. The number of nitrogens with zero attached hydrogens (tertiary/aromatic N) is 2. The van der Waals surface area contributed by atoms with Crippen LogP contribution in [0, 0.1) is 17.8 Å². The van der Waals surface area contributed by atoms with E-state index in [1.807, 2.05) is 0 Å². The van der Waals surface area contributed by atoms with Crippen LogP contribution in [0.25, 0.3) is 0 Å². The second-order valence-corrected chi connectivity index (χ2v) is 5.09. The molecule has 0 aliphatic heterocycles. The zero-order valence-corrected chi connectivity index (χ0v) is 9.43. The first kappa shape index (κ1) is 11.3. The van der Waals surface area contributed by atoms with Gasteiger partial charge in [0.1, 0.15) is 0 Å². The van der Waals surface area contributed by atoms with Gasteiger partial charge in [0.15, 0.2) is 0 Å². The van der Waals surface area contributed by atoms with Gasteiger partial charge in [0, 0.05) is 0 Å². The van der Waals surface area contributed by atoms with Crippen molar-refractivity contribution in [2.24, 2.45) is 27.7 Å². The smallest absolute Gasteiger partial charge is 0.211 e. The van der Waals surface area contributed by atoms with Crippen LogP contribution < -0.4 is 0 Å². The lowest BCUT2D eigenvalue weighted by molar-refractivity contribution is 0.178. The van der Waals surface area contributed by atoms with E-state index in [1.165, 1.54) is 0 Å². The Kier molecular flexibility index (Phi) is 3.33.